The normalized spacial score (nSPS) is 12.0. The Morgan fingerprint density at radius 2 is 1.83 bits per heavy atom. The van der Waals surface area contributed by atoms with Gasteiger partial charge in [-0.05, 0) is 51.4 Å². The third kappa shape index (κ3) is 3.42. The number of aromatic nitrogens is 1. The number of hydrogen-bond donors (Lipinski definition) is 1. The Balaban J connectivity index is 1.93. The van der Waals surface area contributed by atoms with E-state index >= 15 is 0 Å². The predicted octanol–water partition coefficient (Wildman–Crippen LogP) is 3.00. The van der Waals surface area contributed by atoms with Crippen LogP contribution >= 0.6 is 0 Å². The van der Waals surface area contributed by atoms with E-state index < -0.39 is 10.0 Å². The van der Waals surface area contributed by atoms with Crippen LogP contribution in [0.2, 0.25) is 0 Å². The van der Waals surface area contributed by atoms with Crippen LogP contribution in [0, 0.1) is 6.92 Å². The summed E-state index contributed by atoms with van der Waals surface area (Å²) in [6.45, 7) is 2.52. The average Bonchev–Trinajstić information content (AvgIpc) is 2.89. The van der Waals surface area contributed by atoms with E-state index in [1.54, 1.807) is 42.5 Å². The first kappa shape index (κ1) is 16.5. The van der Waals surface area contributed by atoms with E-state index in [4.69, 9.17) is 4.52 Å². The smallest absolute Gasteiger partial charge is 0.261 e. The van der Waals surface area contributed by atoms with Crippen molar-refractivity contribution in [1.29, 1.82) is 0 Å². The molecule has 2 aromatic carbocycles. The summed E-state index contributed by atoms with van der Waals surface area (Å²) in [6, 6.07) is 11.9. The van der Waals surface area contributed by atoms with Gasteiger partial charge in [0.2, 0.25) is 0 Å². The van der Waals surface area contributed by atoms with Crippen molar-refractivity contribution in [2.45, 2.75) is 18.4 Å². The minimum Gasteiger partial charge on any atom is -0.356 e. The summed E-state index contributed by atoms with van der Waals surface area (Å²) in [5, 5.41) is 4.85. The molecule has 0 atom stereocenters. The lowest BCUT2D eigenvalue weighted by Gasteiger charge is -2.09. The Morgan fingerprint density at radius 3 is 2.50 bits per heavy atom. The molecule has 1 aromatic heterocycles. The first-order chi connectivity index (χ1) is 11.3. The molecule has 0 bridgehead atoms. The number of aryl methyl sites for hydroxylation is 1. The van der Waals surface area contributed by atoms with E-state index in [-0.39, 0.29) is 4.90 Å². The van der Waals surface area contributed by atoms with E-state index in [9.17, 15) is 8.42 Å². The maximum absolute atomic E-state index is 12.5. The van der Waals surface area contributed by atoms with Crippen molar-refractivity contribution in [3.8, 4) is 0 Å². The molecule has 0 aliphatic rings. The van der Waals surface area contributed by atoms with Crippen molar-refractivity contribution in [3.63, 3.8) is 0 Å². The number of anilines is 1. The fourth-order valence-electron chi connectivity index (χ4n) is 2.40. The minimum atomic E-state index is -3.63. The van der Waals surface area contributed by atoms with Gasteiger partial charge in [0.25, 0.3) is 10.0 Å². The molecule has 3 rings (SSSR count). The van der Waals surface area contributed by atoms with Gasteiger partial charge in [0.1, 0.15) is 5.69 Å². The molecule has 6 nitrogen and oxygen atoms in total. The van der Waals surface area contributed by atoms with Crippen LogP contribution in [0.4, 0.5) is 5.69 Å². The highest BCUT2D eigenvalue weighted by atomic mass is 32.2. The predicted molar refractivity (Wildman–Crippen MR) is 93.4 cm³/mol. The van der Waals surface area contributed by atoms with Gasteiger partial charge < -0.3 is 9.42 Å². The van der Waals surface area contributed by atoms with E-state index in [2.05, 4.69) is 9.88 Å². The van der Waals surface area contributed by atoms with Crippen molar-refractivity contribution < 1.29 is 12.9 Å². The Kier molecular flexibility index (Phi) is 4.29. The zero-order valence-corrected chi connectivity index (χ0v) is 14.6. The quantitative estimate of drug-likeness (QED) is 0.769. The molecule has 0 unspecified atom stereocenters. The van der Waals surface area contributed by atoms with Crippen LogP contribution in [0.3, 0.4) is 0 Å². The molecule has 0 radical (unpaired) electrons. The lowest BCUT2D eigenvalue weighted by molar-refractivity contribution is 0.373. The summed E-state index contributed by atoms with van der Waals surface area (Å²) in [4.78, 5) is 2.20. The summed E-state index contributed by atoms with van der Waals surface area (Å²) in [6.07, 6.45) is 0. The van der Waals surface area contributed by atoms with Gasteiger partial charge in [-0.15, -0.1) is 0 Å². The van der Waals surface area contributed by atoms with Gasteiger partial charge in [0.05, 0.1) is 4.90 Å². The fraction of sp³-hybridized carbons (Fsp3) is 0.235. The summed E-state index contributed by atoms with van der Waals surface area (Å²) < 4.78 is 32.9. The second kappa shape index (κ2) is 6.26. The van der Waals surface area contributed by atoms with Crippen LogP contribution in [-0.4, -0.2) is 32.6 Å². The molecule has 1 heterocycles. The monoisotopic (exact) mass is 345 g/mol. The van der Waals surface area contributed by atoms with Crippen molar-refractivity contribution >= 4 is 26.7 Å². The number of nitrogens with one attached hydrogen (secondary N) is 1. The molecular weight excluding hydrogens is 326 g/mol. The van der Waals surface area contributed by atoms with E-state index in [0.29, 0.717) is 17.8 Å². The second-order valence-electron chi connectivity index (χ2n) is 6.00. The van der Waals surface area contributed by atoms with Crippen molar-refractivity contribution in [2.75, 3.05) is 18.8 Å². The van der Waals surface area contributed by atoms with Gasteiger partial charge in [0.15, 0.2) is 5.58 Å². The summed E-state index contributed by atoms with van der Waals surface area (Å²) in [5.41, 5.74) is 2.89. The van der Waals surface area contributed by atoms with Gasteiger partial charge in [-0.1, -0.05) is 22.9 Å². The van der Waals surface area contributed by atoms with Gasteiger partial charge in [0, 0.05) is 17.6 Å². The maximum Gasteiger partial charge on any atom is 0.261 e. The van der Waals surface area contributed by atoms with Gasteiger partial charge in [-0.3, -0.25) is 4.72 Å². The number of rotatable bonds is 5. The fourth-order valence-corrected chi connectivity index (χ4v) is 3.45. The number of benzene rings is 2. The maximum atomic E-state index is 12.5. The topological polar surface area (TPSA) is 75.4 Å². The first-order valence-electron chi connectivity index (χ1n) is 7.48. The summed E-state index contributed by atoms with van der Waals surface area (Å²) in [5.74, 6) is 0. The van der Waals surface area contributed by atoms with Gasteiger partial charge in [-0.2, -0.15) is 0 Å². The largest absolute Gasteiger partial charge is 0.356 e. The molecule has 0 amide bonds. The van der Waals surface area contributed by atoms with Crippen LogP contribution < -0.4 is 4.72 Å². The second-order valence-corrected chi connectivity index (χ2v) is 7.68. The molecule has 7 heteroatoms. The van der Waals surface area contributed by atoms with Gasteiger partial charge >= 0.3 is 0 Å². The standard InChI is InChI=1S/C17H19N3O3S/c1-12-4-7-14(8-5-12)24(21,22)19-13-6-9-17-15(10-13)16(18-23-17)11-20(2)3/h4-10,19H,11H2,1-3H3. The molecule has 1 N–H and O–H groups in total. The molecule has 0 aliphatic carbocycles. The van der Waals surface area contributed by atoms with Crippen LogP contribution in [0.15, 0.2) is 51.9 Å². The zero-order valence-electron chi connectivity index (χ0n) is 13.8. The number of nitrogens with zero attached hydrogens (tertiary/aromatic N) is 2. The molecule has 0 fully saturated rings. The van der Waals surface area contributed by atoms with E-state index in [1.165, 1.54) is 0 Å². The van der Waals surface area contributed by atoms with Crippen LogP contribution in [0.5, 0.6) is 0 Å². The summed E-state index contributed by atoms with van der Waals surface area (Å²) >= 11 is 0. The lowest BCUT2D eigenvalue weighted by Crippen LogP contribution is -2.13. The molecule has 0 spiro atoms. The highest BCUT2D eigenvalue weighted by molar-refractivity contribution is 7.92. The third-order valence-electron chi connectivity index (χ3n) is 3.59. The van der Waals surface area contributed by atoms with E-state index in [1.807, 2.05) is 25.9 Å². The third-order valence-corrected chi connectivity index (χ3v) is 4.99. The van der Waals surface area contributed by atoms with Crippen molar-refractivity contribution in [3.05, 3.63) is 53.7 Å². The SMILES string of the molecule is Cc1ccc(S(=O)(=O)Nc2ccc3onc(CN(C)C)c3c2)cc1. The first-order valence-corrected chi connectivity index (χ1v) is 8.96. The average molecular weight is 345 g/mol. The zero-order chi connectivity index (χ0) is 17.3. The molecular formula is C17H19N3O3S. The molecule has 24 heavy (non-hydrogen) atoms. The number of hydrogen-bond acceptors (Lipinski definition) is 5. The highest BCUT2D eigenvalue weighted by Crippen LogP contribution is 2.25. The Hall–Kier alpha value is -2.38. The minimum absolute atomic E-state index is 0.229. The summed E-state index contributed by atoms with van der Waals surface area (Å²) in [7, 11) is 0.241. The van der Waals surface area contributed by atoms with Crippen molar-refractivity contribution in [2.24, 2.45) is 0 Å². The van der Waals surface area contributed by atoms with Gasteiger partial charge in [-0.25, -0.2) is 8.42 Å². The number of sulfonamides is 1. The molecule has 126 valence electrons. The lowest BCUT2D eigenvalue weighted by atomic mass is 10.2. The molecule has 0 saturated carbocycles. The highest BCUT2D eigenvalue weighted by Gasteiger charge is 2.16. The molecule has 3 aromatic rings. The Morgan fingerprint density at radius 1 is 1.12 bits per heavy atom. The van der Waals surface area contributed by atoms with E-state index in [0.717, 1.165) is 16.6 Å². The van der Waals surface area contributed by atoms with Crippen LogP contribution in [0.25, 0.3) is 11.0 Å². The number of fused-ring (bicyclic) bond motifs is 1. The van der Waals surface area contributed by atoms with Crippen molar-refractivity contribution in [1.82, 2.24) is 10.1 Å². The van der Waals surface area contributed by atoms with Crippen LogP contribution in [0.1, 0.15) is 11.3 Å². The molecule has 0 aliphatic heterocycles. The Bertz CT molecular complexity index is 960. The Labute approximate surface area is 141 Å². The van der Waals surface area contributed by atoms with Crippen LogP contribution in [-0.2, 0) is 16.6 Å². The molecule has 0 saturated heterocycles.